The van der Waals surface area contributed by atoms with Crippen LogP contribution in [0.15, 0.2) is 30.6 Å². The summed E-state index contributed by atoms with van der Waals surface area (Å²) in [7, 11) is 0. The van der Waals surface area contributed by atoms with Crippen LogP contribution in [0.25, 0.3) is 0 Å². The number of hydrogen-bond donors (Lipinski definition) is 1. The maximum absolute atomic E-state index is 14.2. The molecule has 2 nitrogen and oxygen atoms in total. The predicted octanol–water partition coefficient (Wildman–Crippen LogP) is 3.68. The summed E-state index contributed by atoms with van der Waals surface area (Å²) in [5.74, 6) is -1.57. The van der Waals surface area contributed by atoms with Gasteiger partial charge in [0.15, 0.2) is 11.6 Å². The van der Waals surface area contributed by atoms with E-state index in [4.69, 9.17) is 0 Å². The Balaban J connectivity index is 2.55. The van der Waals surface area contributed by atoms with Gasteiger partial charge in [0.1, 0.15) is 0 Å². The fourth-order valence-electron chi connectivity index (χ4n) is 2.28. The van der Waals surface area contributed by atoms with Crippen molar-refractivity contribution in [1.29, 1.82) is 0 Å². The van der Waals surface area contributed by atoms with Gasteiger partial charge in [0.25, 0.3) is 0 Å². The Bertz CT molecular complexity index is 611. The molecule has 1 aromatic carbocycles. The van der Waals surface area contributed by atoms with E-state index in [0.717, 1.165) is 11.1 Å². The zero-order valence-corrected chi connectivity index (χ0v) is 11.9. The van der Waals surface area contributed by atoms with E-state index in [-0.39, 0.29) is 6.04 Å². The largest absolute Gasteiger partial charge is 0.306 e. The number of nitrogens with one attached hydrogen (secondary N) is 1. The van der Waals surface area contributed by atoms with Crippen molar-refractivity contribution < 1.29 is 8.78 Å². The van der Waals surface area contributed by atoms with E-state index in [2.05, 4.69) is 10.3 Å². The first kappa shape index (κ1) is 14.6. The van der Waals surface area contributed by atoms with Crippen LogP contribution in [-0.4, -0.2) is 11.5 Å². The lowest BCUT2D eigenvalue weighted by Crippen LogP contribution is -2.24. The zero-order valence-electron chi connectivity index (χ0n) is 11.9. The summed E-state index contributed by atoms with van der Waals surface area (Å²) in [6.45, 7) is 6.06. The Labute approximate surface area is 117 Å². The molecule has 0 spiro atoms. The average molecular weight is 276 g/mol. The number of rotatable bonds is 4. The van der Waals surface area contributed by atoms with Crippen molar-refractivity contribution in [2.24, 2.45) is 0 Å². The number of nitrogens with zero attached hydrogens (tertiary/aromatic N) is 1. The number of aromatic nitrogens is 1. The van der Waals surface area contributed by atoms with Gasteiger partial charge in [-0.05, 0) is 43.1 Å². The molecular formula is C16H18F2N2. The highest BCUT2D eigenvalue weighted by Gasteiger charge is 2.21. The number of aryl methyl sites for hydroxylation is 2. The SMILES string of the molecule is CCNC(c1ccncc1C)c1ccc(C)c(F)c1F. The summed E-state index contributed by atoms with van der Waals surface area (Å²) in [6, 6.07) is 4.70. The van der Waals surface area contributed by atoms with E-state index < -0.39 is 11.6 Å². The molecule has 1 atom stereocenters. The molecule has 1 aromatic heterocycles. The average Bonchev–Trinajstić information content (AvgIpc) is 2.44. The van der Waals surface area contributed by atoms with E-state index in [9.17, 15) is 8.78 Å². The number of pyridine rings is 1. The van der Waals surface area contributed by atoms with E-state index in [1.165, 1.54) is 0 Å². The van der Waals surface area contributed by atoms with E-state index in [0.29, 0.717) is 17.7 Å². The van der Waals surface area contributed by atoms with Crippen molar-refractivity contribution in [3.8, 4) is 0 Å². The molecule has 0 saturated carbocycles. The molecule has 2 aromatic rings. The van der Waals surface area contributed by atoms with Crippen LogP contribution in [-0.2, 0) is 0 Å². The minimum absolute atomic E-state index is 0.313. The van der Waals surface area contributed by atoms with Gasteiger partial charge in [-0.1, -0.05) is 19.1 Å². The molecule has 2 rings (SSSR count). The fraction of sp³-hybridized carbons (Fsp3) is 0.312. The Morgan fingerprint density at radius 1 is 1.05 bits per heavy atom. The third kappa shape index (κ3) is 2.70. The third-order valence-corrected chi connectivity index (χ3v) is 3.40. The molecule has 0 amide bonds. The molecule has 0 aliphatic rings. The smallest absolute Gasteiger partial charge is 0.164 e. The van der Waals surface area contributed by atoms with Gasteiger partial charge in [-0.3, -0.25) is 4.98 Å². The minimum atomic E-state index is -0.785. The van der Waals surface area contributed by atoms with Crippen LogP contribution in [0.3, 0.4) is 0 Å². The molecule has 0 radical (unpaired) electrons. The Kier molecular flexibility index (Phi) is 4.45. The second-order valence-electron chi connectivity index (χ2n) is 4.82. The highest BCUT2D eigenvalue weighted by molar-refractivity contribution is 5.37. The number of halogens is 2. The van der Waals surface area contributed by atoms with Crippen molar-refractivity contribution in [2.45, 2.75) is 26.8 Å². The van der Waals surface area contributed by atoms with Crippen LogP contribution in [0.4, 0.5) is 8.78 Å². The first-order chi connectivity index (χ1) is 9.56. The number of hydrogen-bond acceptors (Lipinski definition) is 2. The van der Waals surface area contributed by atoms with Crippen molar-refractivity contribution in [1.82, 2.24) is 10.3 Å². The minimum Gasteiger partial charge on any atom is -0.306 e. The molecular weight excluding hydrogens is 258 g/mol. The predicted molar refractivity (Wildman–Crippen MR) is 75.6 cm³/mol. The van der Waals surface area contributed by atoms with Crippen LogP contribution in [0.1, 0.15) is 35.2 Å². The van der Waals surface area contributed by atoms with Crippen molar-refractivity contribution in [2.75, 3.05) is 6.54 Å². The first-order valence-electron chi connectivity index (χ1n) is 6.64. The quantitative estimate of drug-likeness (QED) is 0.921. The summed E-state index contributed by atoms with van der Waals surface area (Å²) in [6.07, 6.45) is 3.39. The van der Waals surface area contributed by atoms with E-state index in [1.807, 2.05) is 19.9 Å². The molecule has 0 fully saturated rings. The Morgan fingerprint density at radius 3 is 2.45 bits per heavy atom. The Morgan fingerprint density at radius 2 is 1.80 bits per heavy atom. The fourth-order valence-corrected chi connectivity index (χ4v) is 2.28. The van der Waals surface area contributed by atoms with Crippen molar-refractivity contribution in [3.05, 3.63) is 64.5 Å². The molecule has 0 bridgehead atoms. The van der Waals surface area contributed by atoms with E-state index in [1.54, 1.807) is 31.5 Å². The molecule has 1 N–H and O–H groups in total. The van der Waals surface area contributed by atoms with Crippen LogP contribution < -0.4 is 5.32 Å². The second kappa shape index (κ2) is 6.09. The summed E-state index contributed by atoms with van der Waals surface area (Å²) < 4.78 is 28.0. The lowest BCUT2D eigenvalue weighted by Gasteiger charge is -2.21. The summed E-state index contributed by atoms with van der Waals surface area (Å²) in [5.41, 5.74) is 2.49. The standard InChI is InChI=1S/C16H18F2N2/c1-4-20-16(12-7-8-19-9-11(12)3)13-6-5-10(2)14(17)15(13)18/h5-9,16,20H,4H2,1-3H3. The summed E-state index contributed by atoms with van der Waals surface area (Å²) in [4.78, 5) is 4.04. The van der Waals surface area contributed by atoms with Crippen LogP contribution in [0.5, 0.6) is 0 Å². The van der Waals surface area contributed by atoms with Gasteiger partial charge in [-0.25, -0.2) is 8.78 Å². The van der Waals surface area contributed by atoms with Gasteiger partial charge < -0.3 is 5.32 Å². The third-order valence-electron chi connectivity index (χ3n) is 3.40. The monoisotopic (exact) mass is 276 g/mol. The lowest BCUT2D eigenvalue weighted by molar-refractivity contribution is 0.478. The van der Waals surface area contributed by atoms with Gasteiger partial charge in [0, 0.05) is 18.0 Å². The van der Waals surface area contributed by atoms with Gasteiger partial charge in [0.05, 0.1) is 6.04 Å². The van der Waals surface area contributed by atoms with Gasteiger partial charge in [0.2, 0.25) is 0 Å². The van der Waals surface area contributed by atoms with Crippen LogP contribution in [0.2, 0.25) is 0 Å². The summed E-state index contributed by atoms with van der Waals surface area (Å²) >= 11 is 0. The number of benzene rings is 1. The van der Waals surface area contributed by atoms with Gasteiger partial charge in [-0.15, -0.1) is 0 Å². The molecule has 106 valence electrons. The molecule has 0 aliphatic carbocycles. The normalized spacial score (nSPS) is 12.4. The highest BCUT2D eigenvalue weighted by Crippen LogP contribution is 2.28. The van der Waals surface area contributed by atoms with E-state index >= 15 is 0 Å². The van der Waals surface area contributed by atoms with Crippen LogP contribution in [0, 0.1) is 25.5 Å². The van der Waals surface area contributed by atoms with Crippen molar-refractivity contribution in [3.63, 3.8) is 0 Å². The lowest BCUT2D eigenvalue weighted by atomic mass is 9.95. The molecule has 1 unspecified atom stereocenters. The highest BCUT2D eigenvalue weighted by atomic mass is 19.2. The zero-order chi connectivity index (χ0) is 14.7. The second-order valence-corrected chi connectivity index (χ2v) is 4.82. The van der Waals surface area contributed by atoms with Crippen molar-refractivity contribution >= 4 is 0 Å². The molecule has 1 heterocycles. The topological polar surface area (TPSA) is 24.9 Å². The first-order valence-corrected chi connectivity index (χ1v) is 6.64. The summed E-state index contributed by atoms with van der Waals surface area (Å²) in [5, 5.41) is 3.21. The van der Waals surface area contributed by atoms with Crippen LogP contribution >= 0.6 is 0 Å². The molecule has 0 aliphatic heterocycles. The molecule has 0 saturated heterocycles. The molecule has 20 heavy (non-hydrogen) atoms. The Hall–Kier alpha value is -1.81. The molecule has 4 heteroatoms. The maximum Gasteiger partial charge on any atom is 0.164 e. The van der Waals surface area contributed by atoms with Gasteiger partial charge in [-0.2, -0.15) is 0 Å². The maximum atomic E-state index is 14.2. The van der Waals surface area contributed by atoms with Gasteiger partial charge >= 0.3 is 0 Å².